The van der Waals surface area contributed by atoms with Gasteiger partial charge in [0.05, 0.1) is 0 Å². The molecule has 1 aromatic carbocycles. The molecule has 0 saturated carbocycles. The van der Waals surface area contributed by atoms with Gasteiger partial charge in [0.15, 0.2) is 0 Å². The van der Waals surface area contributed by atoms with Crippen molar-refractivity contribution in [3.8, 4) is 0 Å². The fourth-order valence-electron chi connectivity index (χ4n) is 4.06. The molecule has 1 fully saturated rings. The molecule has 1 atom stereocenters. The van der Waals surface area contributed by atoms with Crippen LogP contribution < -0.4 is 0 Å². The van der Waals surface area contributed by atoms with E-state index in [4.69, 9.17) is 0 Å². The molecule has 0 bridgehead atoms. The summed E-state index contributed by atoms with van der Waals surface area (Å²) < 4.78 is 1.30. The fourth-order valence-corrected chi connectivity index (χ4v) is 5.50. The maximum absolute atomic E-state index is 4.38. The predicted molar refractivity (Wildman–Crippen MR) is 90.6 cm³/mol. The van der Waals surface area contributed by atoms with Crippen LogP contribution in [0.1, 0.15) is 40.3 Å². The van der Waals surface area contributed by atoms with Gasteiger partial charge in [-0.15, -0.1) is 0 Å². The first-order valence-electron chi connectivity index (χ1n) is 8.08. The summed E-state index contributed by atoms with van der Waals surface area (Å²) in [6.45, 7) is 2.45. The van der Waals surface area contributed by atoms with Crippen molar-refractivity contribution < 1.29 is 15.6 Å². The van der Waals surface area contributed by atoms with E-state index >= 15 is 0 Å². The molecule has 1 saturated heterocycles. The molecular formula is C19H21FeNS. The zero-order chi connectivity index (χ0) is 15.1. The Morgan fingerprint density at radius 1 is 1.09 bits per heavy atom. The van der Waals surface area contributed by atoms with Gasteiger partial charge >= 0.3 is 145 Å². The number of benzene rings is 1. The Kier molecular flexibility index (Phi) is 4.08. The molecule has 4 rings (SSSR count). The van der Waals surface area contributed by atoms with Crippen molar-refractivity contribution >= 4 is 15.8 Å². The molecule has 0 radical (unpaired) electrons. The van der Waals surface area contributed by atoms with Gasteiger partial charge in [-0.2, -0.15) is 0 Å². The molecule has 1 aliphatic heterocycles. The zero-order valence-electron chi connectivity index (χ0n) is 12.9. The van der Waals surface area contributed by atoms with Crippen molar-refractivity contribution in [3.05, 3.63) is 57.3 Å². The van der Waals surface area contributed by atoms with E-state index < -0.39 is 0 Å². The summed E-state index contributed by atoms with van der Waals surface area (Å²) >= 11 is 6.26. The molecule has 1 aliphatic carbocycles. The molecule has 0 spiro atoms. The monoisotopic (exact) mass is 351 g/mol. The van der Waals surface area contributed by atoms with E-state index in [1.165, 1.54) is 46.4 Å². The van der Waals surface area contributed by atoms with E-state index in [1.54, 1.807) is 5.56 Å². The van der Waals surface area contributed by atoms with E-state index in [9.17, 15) is 0 Å². The number of piperidine rings is 1. The second kappa shape index (κ2) is 6.05. The molecule has 2 aliphatic rings. The summed E-state index contributed by atoms with van der Waals surface area (Å²) in [4.78, 5) is 3.91. The Labute approximate surface area is 144 Å². The van der Waals surface area contributed by atoms with Crippen molar-refractivity contribution in [2.75, 3.05) is 20.1 Å². The number of rotatable bonds is 1. The third-order valence-corrected chi connectivity index (χ3v) is 6.87. The molecule has 0 N–H and O–H groups in total. The van der Waals surface area contributed by atoms with Gasteiger partial charge in [0, 0.05) is 0 Å². The van der Waals surface area contributed by atoms with Crippen LogP contribution in [0.3, 0.4) is 0 Å². The third-order valence-electron chi connectivity index (χ3n) is 5.24. The molecule has 1 aromatic heterocycles. The van der Waals surface area contributed by atoms with Gasteiger partial charge in [0.25, 0.3) is 0 Å². The van der Waals surface area contributed by atoms with Gasteiger partial charge in [-0.05, 0) is 0 Å². The van der Waals surface area contributed by atoms with Gasteiger partial charge in [-0.1, -0.05) is 0 Å². The van der Waals surface area contributed by atoms with E-state index in [1.807, 2.05) is 11.3 Å². The second-order valence-electron chi connectivity index (χ2n) is 6.59. The first-order valence-corrected chi connectivity index (χ1v) is 9.51. The van der Waals surface area contributed by atoms with Crippen LogP contribution in [0.15, 0.2) is 35.7 Å². The minimum absolute atomic E-state index is 0.561. The first-order chi connectivity index (χ1) is 10.7. The summed E-state index contributed by atoms with van der Waals surface area (Å²) in [7, 11) is 2.25. The van der Waals surface area contributed by atoms with E-state index in [2.05, 4.69) is 63.2 Å². The van der Waals surface area contributed by atoms with Crippen LogP contribution in [-0.4, -0.2) is 29.5 Å². The standard InChI is InChI=1S/C19H21NS.Fe/c1-20-11-8-15(9-12-20)19-16-5-3-2-4-14(16)6-7-18-17(19)10-13-21-18;/h2-5,10,13,15,19H,6,8-9,11-12H2,1H3;. The van der Waals surface area contributed by atoms with Crippen LogP contribution in [0, 0.1) is 5.92 Å². The average molecular weight is 351 g/mol. The minimum atomic E-state index is 0.561. The van der Waals surface area contributed by atoms with Crippen molar-refractivity contribution in [2.24, 2.45) is 5.92 Å². The quantitative estimate of drug-likeness (QED) is 0.706. The Hall–Kier alpha value is -0.731. The number of thiophene rings is 1. The summed E-state index contributed by atoms with van der Waals surface area (Å²) in [5, 5.41) is 2.26. The van der Waals surface area contributed by atoms with Crippen molar-refractivity contribution in [3.63, 3.8) is 0 Å². The Balaban J connectivity index is 1.83. The average Bonchev–Trinajstić information content (AvgIpc) is 2.96. The van der Waals surface area contributed by atoms with E-state index in [-0.39, 0.29) is 0 Å². The summed E-state index contributed by atoms with van der Waals surface area (Å²) in [5.74, 6) is 1.32. The second-order valence-corrected chi connectivity index (χ2v) is 8.17. The molecule has 2 aromatic rings. The van der Waals surface area contributed by atoms with Crippen LogP contribution in [0.4, 0.5) is 0 Å². The van der Waals surface area contributed by atoms with Gasteiger partial charge in [0.2, 0.25) is 0 Å². The number of fused-ring (bicyclic) bond motifs is 2. The van der Waals surface area contributed by atoms with Crippen molar-refractivity contribution in [1.29, 1.82) is 0 Å². The predicted octanol–water partition coefficient (Wildman–Crippen LogP) is 3.85. The Morgan fingerprint density at radius 2 is 1.86 bits per heavy atom. The number of likely N-dealkylation sites (tertiary alicyclic amines) is 1. The number of hydrogen-bond acceptors (Lipinski definition) is 2. The van der Waals surface area contributed by atoms with Crippen molar-refractivity contribution in [1.82, 2.24) is 4.90 Å². The van der Waals surface area contributed by atoms with Crippen LogP contribution in [-0.2, 0) is 22.0 Å². The summed E-state index contributed by atoms with van der Waals surface area (Å²) in [6.07, 6.45) is 3.61. The van der Waals surface area contributed by atoms with Crippen LogP contribution in [0.2, 0.25) is 0 Å². The third kappa shape index (κ3) is 2.55. The van der Waals surface area contributed by atoms with E-state index in [0.717, 1.165) is 12.3 Å². The van der Waals surface area contributed by atoms with Gasteiger partial charge in [0.1, 0.15) is 0 Å². The molecule has 116 valence electrons. The Morgan fingerprint density at radius 3 is 2.68 bits per heavy atom. The van der Waals surface area contributed by atoms with Crippen LogP contribution in [0.5, 0.6) is 0 Å². The molecule has 22 heavy (non-hydrogen) atoms. The summed E-state index contributed by atoms with van der Waals surface area (Å²) in [6, 6.07) is 11.4. The van der Waals surface area contributed by atoms with Gasteiger partial charge in [-0.3, -0.25) is 0 Å². The Bertz CT molecular complexity index is 697. The van der Waals surface area contributed by atoms with Gasteiger partial charge < -0.3 is 0 Å². The summed E-state index contributed by atoms with van der Waals surface area (Å²) in [5.41, 5.74) is 4.57. The molecular weight excluding hydrogens is 330 g/mol. The van der Waals surface area contributed by atoms with Crippen LogP contribution >= 0.6 is 11.3 Å². The van der Waals surface area contributed by atoms with Gasteiger partial charge in [-0.25, -0.2) is 0 Å². The number of nitrogens with zero attached hydrogens (tertiary/aromatic N) is 1. The molecule has 3 heteroatoms. The number of hydrogen-bond donors (Lipinski definition) is 0. The normalized spacial score (nSPS) is 23.0. The molecule has 1 unspecified atom stereocenters. The van der Waals surface area contributed by atoms with Crippen molar-refractivity contribution in [2.45, 2.75) is 25.2 Å². The fraction of sp³-hybridized carbons (Fsp3) is 0.421. The van der Waals surface area contributed by atoms with E-state index in [0.29, 0.717) is 5.92 Å². The molecule has 0 amide bonds. The van der Waals surface area contributed by atoms with Crippen LogP contribution in [0.25, 0.3) is 0 Å². The molecule has 2 heterocycles. The first kappa shape index (κ1) is 14.8. The zero-order valence-corrected chi connectivity index (χ0v) is 14.8. The molecule has 1 nitrogen and oxygen atoms in total. The maximum atomic E-state index is 4.38. The SMILES string of the molecule is CN1CCC(C2c3ccccc3C[C](=[Fe])c3sccc32)CC1. The topological polar surface area (TPSA) is 3.24 Å².